The van der Waals surface area contributed by atoms with Gasteiger partial charge in [0.15, 0.2) is 0 Å². The Kier molecular flexibility index (Phi) is 5.85. The van der Waals surface area contributed by atoms with Crippen molar-refractivity contribution in [1.82, 2.24) is 4.90 Å². The summed E-state index contributed by atoms with van der Waals surface area (Å²) < 4.78 is 5.32. The topological polar surface area (TPSA) is 58.6 Å². The van der Waals surface area contributed by atoms with E-state index in [2.05, 4.69) is 5.32 Å². The highest BCUT2D eigenvalue weighted by atomic mass is 32.1. The third-order valence-electron chi connectivity index (χ3n) is 4.21. The van der Waals surface area contributed by atoms with Gasteiger partial charge in [0.05, 0.1) is 5.57 Å². The summed E-state index contributed by atoms with van der Waals surface area (Å²) in [6.07, 6.45) is 0.626. The van der Waals surface area contributed by atoms with Crippen molar-refractivity contribution in [2.24, 2.45) is 0 Å². The Bertz CT molecular complexity index is 827. The highest BCUT2D eigenvalue weighted by Crippen LogP contribution is 2.33. The lowest BCUT2D eigenvalue weighted by Crippen LogP contribution is -2.34. The van der Waals surface area contributed by atoms with Gasteiger partial charge in [0, 0.05) is 30.3 Å². The number of anilines is 1. The number of benzene rings is 1. The number of nitrogens with zero attached hydrogens (tertiary/aromatic N) is 1. The highest BCUT2D eigenvalue weighted by molar-refractivity contribution is 7.11. The van der Waals surface area contributed by atoms with Crippen LogP contribution >= 0.6 is 11.3 Å². The summed E-state index contributed by atoms with van der Waals surface area (Å²) in [4.78, 5) is 28.0. The molecular formula is C20H22N2O3S. The zero-order valence-electron chi connectivity index (χ0n) is 15.0. The van der Waals surface area contributed by atoms with Gasteiger partial charge in [-0.05, 0) is 43.3 Å². The largest absolute Gasteiger partial charge is 0.382 e. The molecule has 3 rings (SSSR count). The average molecular weight is 370 g/mol. The second-order valence-electron chi connectivity index (χ2n) is 5.98. The van der Waals surface area contributed by atoms with Gasteiger partial charge in [-0.25, -0.2) is 0 Å². The quantitative estimate of drug-likeness (QED) is 0.569. The highest BCUT2D eigenvalue weighted by Gasteiger charge is 2.39. The monoisotopic (exact) mass is 370 g/mol. The summed E-state index contributed by atoms with van der Waals surface area (Å²) in [6, 6.07) is 11.5. The van der Waals surface area contributed by atoms with Crippen molar-refractivity contribution in [2.45, 2.75) is 20.3 Å². The molecule has 0 bridgehead atoms. The van der Waals surface area contributed by atoms with Gasteiger partial charge in [0.25, 0.3) is 11.8 Å². The number of carbonyl (C=O) groups is 2. The Balaban J connectivity index is 1.90. The summed E-state index contributed by atoms with van der Waals surface area (Å²) in [5, 5.41) is 5.11. The second-order valence-corrected chi connectivity index (χ2v) is 6.93. The van der Waals surface area contributed by atoms with E-state index in [-0.39, 0.29) is 11.8 Å². The van der Waals surface area contributed by atoms with Gasteiger partial charge < -0.3 is 10.1 Å². The van der Waals surface area contributed by atoms with Crippen LogP contribution in [0.1, 0.15) is 23.8 Å². The van der Waals surface area contributed by atoms with Gasteiger partial charge in [-0.2, -0.15) is 0 Å². The van der Waals surface area contributed by atoms with E-state index in [1.807, 2.05) is 55.6 Å². The fourth-order valence-corrected chi connectivity index (χ4v) is 3.63. The van der Waals surface area contributed by atoms with E-state index in [0.29, 0.717) is 37.4 Å². The first-order valence-electron chi connectivity index (χ1n) is 8.68. The number of thiophene rings is 1. The molecule has 0 radical (unpaired) electrons. The molecule has 1 aliphatic heterocycles. The molecular weight excluding hydrogens is 348 g/mol. The van der Waals surface area contributed by atoms with Crippen molar-refractivity contribution in [3.05, 3.63) is 57.9 Å². The third kappa shape index (κ3) is 3.71. The minimum atomic E-state index is -0.279. The number of ether oxygens (including phenoxy) is 1. The summed E-state index contributed by atoms with van der Waals surface area (Å²) in [6.45, 7) is 5.40. The van der Waals surface area contributed by atoms with E-state index in [4.69, 9.17) is 4.74 Å². The number of nitrogens with one attached hydrogen (secondary N) is 1. The molecule has 0 spiro atoms. The van der Waals surface area contributed by atoms with Gasteiger partial charge in [-0.3, -0.25) is 14.5 Å². The van der Waals surface area contributed by atoms with Gasteiger partial charge in [-0.1, -0.05) is 24.3 Å². The molecule has 26 heavy (non-hydrogen) atoms. The van der Waals surface area contributed by atoms with Crippen molar-refractivity contribution in [1.29, 1.82) is 0 Å². The second kappa shape index (κ2) is 8.29. The number of amides is 2. The minimum absolute atomic E-state index is 0.245. The first-order valence-corrected chi connectivity index (χ1v) is 9.56. The maximum absolute atomic E-state index is 12.9. The zero-order chi connectivity index (χ0) is 18.5. The summed E-state index contributed by atoms with van der Waals surface area (Å²) >= 11 is 1.46. The molecule has 0 fully saturated rings. The van der Waals surface area contributed by atoms with Crippen LogP contribution < -0.4 is 5.32 Å². The number of para-hydroxylation sites is 1. The van der Waals surface area contributed by atoms with E-state index in [1.54, 1.807) is 0 Å². The van der Waals surface area contributed by atoms with E-state index < -0.39 is 0 Å². The maximum Gasteiger partial charge on any atom is 0.278 e. The minimum Gasteiger partial charge on any atom is -0.382 e. The van der Waals surface area contributed by atoms with E-state index in [0.717, 1.165) is 16.1 Å². The molecule has 0 saturated heterocycles. The molecule has 6 heteroatoms. The molecule has 1 aliphatic rings. The SMILES string of the molecule is CCOCCCN1C(=O)C(Nc2ccccc2C)=C(c2cccs2)C1=O. The first-order chi connectivity index (χ1) is 12.6. The number of carbonyl (C=O) groups excluding carboxylic acids is 2. The Hall–Kier alpha value is -2.44. The fraction of sp³-hybridized carbons (Fsp3) is 0.300. The number of aryl methyl sites for hydroxylation is 1. The van der Waals surface area contributed by atoms with Crippen LogP contribution in [0.2, 0.25) is 0 Å². The lowest BCUT2D eigenvalue weighted by molar-refractivity contribution is -0.137. The number of imide groups is 1. The molecule has 1 aromatic heterocycles. The van der Waals surface area contributed by atoms with Crippen LogP contribution in [0.4, 0.5) is 5.69 Å². The fourth-order valence-electron chi connectivity index (χ4n) is 2.86. The maximum atomic E-state index is 12.9. The average Bonchev–Trinajstić information content (AvgIpc) is 3.23. The molecule has 0 aliphatic carbocycles. The van der Waals surface area contributed by atoms with Crippen molar-refractivity contribution in [2.75, 3.05) is 25.1 Å². The van der Waals surface area contributed by atoms with Crippen molar-refractivity contribution in [3.63, 3.8) is 0 Å². The Labute approximate surface area is 157 Å². The molecule has 1 aromatic carbocycles. The first kappa shape index (κ1) is 18.4. The Morgan fingerprint density at radius 2 is 1.92 bits per heavy atom. The van der Waals surface area contributed by atoms with Crippen LogP contribution in [0, 0.1) is 6.92 Å². The number of hydrogen-bond donors (Lipinski definition) is 1. The Morgan fingerprint density at radius 1 is 1.12 bits per heavy atom. The van der Waals surface area contributed by atoms with Gasteiger partial charge in [0.1, 0.15) is 5.70 Å². The van der Waals surface area contributed by atoms with Gasteiger partial charge in [-0.15, -0.1) is 11.3 Å². The van der Waals surface area contributed by atoms with Crippen LogP contribution in [-0.2, 0) is 14.3 Å². The smallest absolute Gasteiger partial charge is 0.278 e. The van der Waals surface area contributed by atoms with E-state index >= 15 is 0 Å². The lowest BCUT2D eigenvalue weighted by Gasteiger charge is -2.15. The van der Waals surface area contributed by atoms with Crippen LogP contribution in [0.15, 0.2) is 47.5 Å². The van der Waals surface area contributed by atoms with Crippen molar-refractivity contribution < 1.29 is 14.3 Å². The van der Waals surface area contributed by atoms with E-state index in [1.165, 1.54) is 16.2 Å². The van der Waals surface area contributed by atoms with Crippen molar-refractivity contribution in [3.8, 4) is 0 Å². The predicted octanol–water partition coefficient (Wildman–Crippen LogP) is 3.68. The normalized spacial score (nSPS) is 14.5. The van der Waals surface area contributed by atoms with Crippen LogP contribution in [0.25, 0.3) is 5.57 Å². The summed E-state index contributed by atoms with van der Waals surface area (Å²) in [5.41, 5.74) is 2.64. The van der Waals surface area contributed by atoms with Crippen LogP contribution in [0.3, 0.4) is 0 Å². The van der Waals surface area contributed by atoms with Crippen molar-refractivity contribution >= 4 is 34.4 Å². The molecule has 0 saturated carbocycles. The standard InChI is InChI=1S/C20H22N2O3S/c1-3-25-12-7-11-22-19(23)17(16-10-6-13-26-16)18(20(22)24)21-15-9-5-4-8-14(15)2/h4-6,8-10,13,21H,3,7,11-12H2,1-2H3. The van der Waals surface area contributed by atoms with E-state index in [9.17, 15) is 9.59 Å². The molecule has 2 heterocycles. The third-order valence-corrected chi connectivity index (χ3v) is 5.10. The zero-order valence-corrected chi connectivity index (χ0v) is 15.8. The van der Waals surface area contributed by atoms with Crippen LogP contribution in [0.5, 0.6) is 0 Å². The summed E-state index contributed by atoms with van der Waals surface area (Å²) in [7, 11) is 0. The molecule has 0 unspecified atom stereocenters. The lowest BCUT2D eigenvalue weighted by atomic mass is 10.1. The summed E-state index contributed by atoms with van der Waals surface area (Å²) in [5.74, 6) is -0.525. The van der Waals surface area contributed by atoms with Gasteiger partial charge in [0.2, 0.25) is 0 Å². The molecule has 1 N–H and O–H groups in total. The molecule has 0 atom stereocenters. The molecule has 136 valence electrons. The number of rotatable bonds is 8. The van der Waals surface area contributed by atoms with Gasteiger partial charge >= 0.3 is 0 Å². The van der Waals surface area contributed by atoms with Crippen LogP contribution in [-0.4, -0.2) is 36.5 Å². The Morgan fingerprint density at radius 3 is 2.62 bits per heavy atom. The number of hydrogen-bond acceptors (Lipinski definition) is 5. The molecule has 2 amide bonds. The molecule has 5 nitrogen and oxygen atoms in total. The molecule has 2 aromatic rings. The predicted molar refractivity (Wildman–Crippen MR) is 104 cm³/mol.